The van der Waals surface area contributed by atoms with E-state index in [0.29, 0.717) is 17.4 Å². The number of carboxylic acid groups (broad SMARTS) is 1. The lowest BCUT2D eigenvalue weighted by Gasteiger charge is -2.15. The molecule has 1 aromatic carbocycles. The number of rotatable bonds is 8. The first-order valence-corrected chi connectivity index (χ1v) is 7.71. The molecule has 0 aliphatic heterocycles. The molecular formula is C17H20Cl2N2O3. The molecule has 0 radical (unpaired) electrons. The summed E-state index contributed by atoms with van der Waals surface area (Å²) >= 11 is 6.15. The lowest BCUT2D eigenvalue weighted by Crippen LogP contribution is -2.16. The van der Waals surface area contributed by atoms with E-state index in [2.05, 4.69) is 4.98 Å². The van der Waals surface area contributed by atoms with Crippen molar-refractivity contribution in [2.45, 2.75) is 18.8 Å². The molecule has 0 saturated carbocycles. The zero-order valence-corrected chi connectivity index (χ0v) is 14.6. The monoisotopic (exact) mass is 370 g/mol. The maximum atomic E-state index is 10.9. The van der Waals surface area contributed by atoms with Gasteiger partial charge in [-0.3, -0.25) is 9.78 Å². The molecule has 0 saturated heterocycles. The van der Waals surface area contributed by atoms with Crippen molar-refractivity contribution in [1.29, 1.82) is 0 Å². The van der Waals surface area contributed by atoms with Crippen LogP contribution in [0.1, 0.15) is 23.5 Å². The molecule has 2 aromatic rings. The number of ether oxygens (including phenoxy) is 1. The molecule has 5 nitrogen and oxygen atoms in total. The minimum absolute atomic E-state index is 0. The highest BCUT2D eigenvalue weighted by molar-refractivity contribution is 6.32. The second-order valence-corrected chi connectivity index (χ2v) is 5.58. The van der Waals surface area contributed by atoms with Gasteiger partial charge in [-0.2, -0.15) is 0 Å². The molecule has 3 N–H and O–H groups in total. The van der Waals surface area contributed by atoms with Gasteiger partial charge in [-0.1, -0.05) is 17.7 Å². The van der Waals surface area contributed by atoms with Gasteiger partial charge in [0.15, 0.2) is 0 Å². The van der Waals surface area contributed by atoms with Crippen molar-refractivity contribution >= 4 is 30.0 Å². The van der Waals surface area contributed by atoms with Gasteiger partial charge < -0.3 is 15.6 Å². The van der Waals surface area contributed by atoms with Crippen LogP contribution in [0, 0.1) is 0 Å². The van der Waals surface area contributed by atoms with Crippen LogP contribution in [0.15, 0.2) is 42.7 Å². The topological polar surface area (TPSA) is 85.4 Å². The molecular weight excluding hydrogens is 351 g/mol. The second kappa shape index (κ2) is 10.1. The third-order valence-electron chi connectivity index (χ3n) is 3.53. The Kier molecular flexibility index (Phi) is 8.54. The molecule has 1 heterocycles. The van der Waals surface area contributed by atoms with Gasteiger partial charge in [0.25, 0.3) is 0 Å². The summed E-state index contributed by atoms with van der Waals surface area (Å²) in [6.45, 7) is 0.726. The fourth-order valence-corrected chi connectivity index (χ4v) is 2.43. The number of halogens is 2. The van der Waals surface area contributed by atoms with E-state index in [1.165, 1.54) is 0 Å². The molecule has 2 rings (SSSR count). The lowest BCUT2D eigenvalue weighted by atomic mass is 9.96. The molecule has 0 fully saturated rings. The van der Waals surface area contributed by atoms with E-state index in [-0.39, 0.29) is 31.3 Å². The molecule has 0 aliphatic carbocycles. The molecule has 24 heavy (non-hydrogen) atoms. The van der Waals surface area contributed by atoms with E-state index in [0.717, 1.165) is 17.5 Å². The van der Waals surface area contributed by atoms with Crippen molar-refractivity contribution in [1.82, 2.24) is 4.98 Å². The highest BCUT2D eigenvalue weighted by Gasteiger charge is 2.16. The molecule has 1 atom stereocenters. The smallest absolute Gasteiger partial charge is 0.304 e. The largest absolute Gasteiger partial charge is 0.492 e. The van der Waals surface area contributed by atoms with Crippen LogP contribution in [0.3, 0.4) is 0 Å². The molecule has 130 valence electrons. The van der Waals surface area contributed by atoms with Crippen LogP contribution in [-0.4, -0.2) is 29.2 Å². The fraction of sp³-hybridized carbons (Fsp3) is 0.294. The van der Waals surface area contributed by atoms with Crippen LogP contribution in [0.25, 0.3) is 0 Å². The van der Waals surface area contributed by atoms with E-state index in [9.17, 15) is 4.79 Å². The first-order chi connectivity index (χ1) is 11.1. The average molecular weight is 371 g/mol. The highest BCUT2D eigenvalue weighted by atomic mass is 35.5. The SMILES string of the molecule is Cl.NC[C@H](CC(=O)O)c1ccc(Cl)c(OCCc2ccncc2)c1. The van der Waals surface area contributed by atoms with Crippen molar-refractivity contribution in [2.75, 3.05) is 13.2 Å². The standard InChI is InChI=1S/C17H19ClN2O3.ClH/c18-15-2-1-13(14(11-19)10-17(21)22)9-16(15)23-8-5-12-3-6-20-7-4-12;/h1-4,6-7,9,14H,5,8,10-11,19H2,(H,21,22);1H/t14-;/m0./s1. The Hall–Kier alpha value is -1.82. The van der Waals surface area contributed by atoms with Crippen molar-refractivity contribution in [3.8, 4) is 5.75 Å². The number of nitrogens with two attached hydrogens (primary N) is 1. The average Bonchev–Trinajstić information content (AvgIpc) is 2.55. The van der Waals surface area contributed by atoms with Crippen molar-refractivity contribution < 1.29 is 14.6 Å². The molecule has 0 aliphatic rings. The Morgan fingerprint density at radius 3 is 2.62 bits per heavy atom. The van der Waals surface area contributed by atoms with E-state index < -0.39 is 5.97 Å². The Bertz CT molecular complexity index is 654. The third-order valence-corrected chi connectivity index (χ3v) is 3.84. The Balaban J connectivity index is 0.00000288. The van der Waals surface area contributed by atoms with Gasteiger partial charge >= 0.3 is 5.97 Å². The predicted molar refractivity (Wildman–Crippen MR) is 96.2 cm³/mol. The first-order valence-electron chi connectivity index (χ1n) is 7.33. The van der Waals surface area contributed by atoms with Crippen LogP contribution in [0.4, 0.5) is 0 Å². The minimum Gasteiger partial charge on any atom is -0.492 e. The summed E-state index contributed by atoms with van der Waals surface area (Å²) in [7, 11) is 0. The number of nitrogens with zero attached hydrogens (tertiary/aromatic N) is 1. The van der Waals surface area contributed by atoms with Gasteiger partial charge in [0.1, 0.15) is 5.75 Å². The summed E-state index contributed by atoms with van der Waals surface area (Å²) in [5.41, 5.74) is 7.62. The van der Waals surface area contributed by atoms with Crippen LogP contribution >= 0.6 is 24.0 Å². The Morgan fingerprint density at radius 1 is 1.29 bits per heavy atom. The number of aromatic nitrogens is 1. The maximum Gasteiger partial charge on any atom is 0.304 e. The van der Waals surface area contributed by atoms with E-state index in [1.807, 2.05) is 12.1 Å². The maximum absolute atomic E-state index is 10.9. The van der Waals surface area contributed by atoms with Gasteiger partial charge in [-0.15, -0.1) is 12.4 Å². The van der Waals surface area contributed by atoms with Crippen LogP contribution in [0.5, 0.6) is 5.75 Å². The van der Waals surface area contributed by atoms with Crippen molar-refractivity contribution in [2.24, 2.45) is 5.73 Å². The number of aliphatic carboxylic acids is 1. The number of carboxylic acids is 1. The molecule has 0 bridgehead atoms. The lowest BCUT2D eigenvalue weighted by molar-refractivity contribution is -0.137. The first kappa shape index (κ1) is 20.2. The summed E-state index contributed by atoms with van der Waals surface area (Å²) < 4.78 is 5.74. The van der Waals surface area contributed by atoms with Crippen molar-refractivity contribution in [3.05, 3.63) is 58.9 Å². The van der Waals surface area contributed by atoms with Gasteiger partial charge in [0, 0.05) is 24.7 Å². The summed E-state index contributed by atoms with van der Waals surface area (Å²) in [6.07, 6.45) is 4.19. The normalized spacial score (nSPS) is 11.4. The minimum atomic E-state index is -0.879. The van der Waals surface area contributed by atoms with E-state index in [4.69, 9.17) is 27.2 Å². The number of hydrogen-bond donors (Lipinski definition) is 2. The summed E-state index contributed by atoms with van der Waals surface area (Å²) in [5.74, 6) is -0.593. The second-order valence-electron chi connectivity index (χ2n) is 5.17. The van der Waals surface area contributed by atoms with Crippen LogP contribution < -0.4 is 10.5 Å². The Morgan fingerprint density at radius 2 is 2.00 bits per heavy atom. The van der Waals surface area contributed by atoms with Crippen LogP contribution in [0.2, 0.25) is 5.02 Å². The number of carbonyl (C=O) groups is 1. The molecule has 0 unspecified atom stereocenters. The van der Waals surface area contributed by atoms with Gasteiger partial charge in [0.05, 0.1) is 18.1 Å². The quantitative estimate of drug-likeness (QED) is 0.744. The summed E-state index contributed by atoms with van der Waals surface area (Å²) in [4.78, 5) is 14.9. The van der Waals surface area contributed by atoms with Gasteiger partial charge in [-0.25, -0.2) is 0 Å². The van der Waals surface area contributed by atoms with Gasteiger partial charge in [0.2, 0.25) is 0 Å². The number of pyridine rings is 1. The zero-order chi connectivity index (χ0) is 16.7. The summed E-state index contributed by atoms with van der Waals surface area (Å²) in [5, 5.41) is 9.44. The van der Waals surface area contributed by atoms with E-state index in [1.54, 1.807) is 30.6 Å². The Labute approximate surface area is 152 Å². The molecule has 1 aromatic heterocycles. The predicted octanol–water partition coefficient (Wildman–Crippen LogP) is 3.30. The zero-order valence-electron chi connectivity index (χ0n) is 13.0. The summed E-state index contributed by atoms with van der Waals surface area (Å²) in [6, 6.07) is 9.13. The molecule has 7 heteroatoms. The highest BCUT2D eigenvalue weighted by Crippen LogP contribution is 2.30. The third kappa shape index (κ3) is 6.00. The molecule has 0 amide bonds. The molecule has 0 spiro atoms. The van der Waals surface area contributed by atoms with Gasteiger partial charge in [-0.05, 0) is 41.9 Å². The fourth-order valence-electron chi connectivity index (χ4n) is 2.26. The van der Waals surface area contributed by atoms with E-state index >= 15 is 0 Å². The number of hydrogen-bond acceptors (Lipinski definition) is 4. The van der Waals surface area contributed by atoms with Crippen LogP contribution in [-0.2, 0) is 11.2 Å². The van der Waals surface area contributed by atoms with Crippen molar-refractivity contribution in [3.63, 3.8) is 0 Å². The number of benzene rings is 1.